The Balaban J connectivity index is 0.00000122. The maximum atomic E-state index is 12.8. The number of carboxylic acid groups (broad SMARTS) is 1. The van der Waals surface area contributed by atoms with Crippen LogP contribution < -0.4 is 14.2 Å². The largest absolute Gasteiger partial charge is 0.497 e. The van der Waals surface area contributed by atoms with Crippen LogP contribution in [0.3, 0.4) is 0 Å². The third-order valence-electron chi connectivity index (χ3n) is 10.7. The van der Waals surface area contributed by atoms with E-state index < -0.39 is 11.2 Å². The second-order valence-corrected chi connectivity index (χ2v) is 18.3. The van der Waals surface area contributed by atoms with Gasteiger partial charge in [-0.05, 0) is 185 Å². The second kappa shape index (κ2) is 32.9. The van der Waals surface area contributed by atoms with E-state index in [2.05, 4.69) is 74.8 Å². The summed E-state index contributed by atoms with van der Waals surface area (Å²) < 4.78 is 22.0. The minimum absolute atomic E-state index is 0.0183. The quantitative estimate of drug-likeness (QED) is 0.0843. The zero-order valence-corrected chi connectivity index (χ0v) is 41.3. The molecule has 0 saturated heterocycles. The summed E-state index contributed by atoms with van der Waals surface area (Å²) in [6.45, 7) is 21.3. The molecule has 66 heavy (non-hydrogen) atoms. The number of aldehydes is 1. The number of aliphatic imine (C=N–C) groups is 1. The van der Waals surface area contributed by atoms with E-state index in [9.17, 15) is 14.4 Å². The van der Waals surface area contributed by atoms with Gasteiger partial charge in [0.1, 0.15) is 47.1 Å². The van der Waals surface area contributed by atoms with E-state index in [-0.39, 0.29) is 29.8 Å². The summed E-state index contributed by atoms with van der Waals surface area (Å²) in [4.78, 5) is 55.0. The molecule has 0 bridgehead atoms. The van der Waals surface area contributed by atoms with Crippen LogP contribution in [0.15, 0.2) is 90.4 Å². The topological polar surface area (TPSA) is 175 Å². The van der Waals surface area contributed by atoms with E-state index in [1.807, 2.05) is 71.7 Å². The van der Waals surface area contributed by atoms with Crippen LogP contribution in [0, 0.1) is 17.8 Å². The molecule has 0 unspecified atom stereocenters. The molecular formula is C54H79NO11. The Morgan fingerprint density at radius 1 is 0.758 bits per heavy atom. The number of carbonyl (C=O) groups excluding carboxylic acids is 4. The van der Waals surface area contributed by atoms with Crippen molar-refractivity contribution >= 4 is 38.1 Å². The number of aryl methyl sites for hydroxylation is 1. The zero-order chi connectivity index (χ0) is 50.2. The standard InChI is InChI=1S/C33H43NO3.C15H22O4.C3H6.CH2O2.CH4O.CH2O/c1-33(2,3)37-31-19-17-29(18-20-31)28-13-15-30(16-14-28)32(36)34-22-27-6-4-5-25(21-27)10-7-24-8-11-26(23-35)12-9-24;1-14(2,18-11-16)10-15(3,4)19-13-8-6-12(17-5)7-9-13;1-3-2;2-1-3;2*1-2/h4-6,17-24,26,28,30H,7-16H2,1-3H3;6-9,11H,10H2,1-5H3;3H,1H2,2H3;1H,(H,2,3);2H,1H3;1H2. The number of hydrogen-bond donors (Lipinski definition) is 2. The van der Waals surface area contributed by atoms with Gasteiger partial charge >= 0.3 is 0 Å². The van der Waals surface area contributed by atoms with Gasteiger partial charge in [0.25, 0.3) is 12.9 Å². The van der Waals surface area contributed by atoms with Crippen molar-refractivity contribution in [1.29, 1.82) is 0 Å². The Labute approximate surface area is 395 Å². The molecule has 0 heterocycles. The van der Waals surface area contributed by atoms with Gasteiger partial charge in [0.2, 0.25) is 5.91 Å². The molecule has 5 rings (SSSR count). The Bertz CT molecular complexity index is 1810. The zero-order valence-electron chi connectivity index (χ0n) is 41.3. The monoisotopic (exact) mass is 918 g/mol. The number of hydrogen-bond acceptors (Lipinski definition) is 10. The first-order valence-corrected chi connectivity index (χ1v) is 22.6. The summed E-state index contributed by atoms with van der Waals surface area (Å²) in [6.07, 6.45) is 15.7. The number of aliphatic hydroxyl groups is 1. The summed E-state index contributed by atoms with van der Waals surface area (Å²) in [5.74, 6) is 4.00. The predicted molar refractivity (Wildman–Crippen MR) is 264 cm³/mol. The van der Waals surface area contributed by atoms with E-state index in [4.69, 9.17) is 38.7 Å². The maximum Gasteiger partial charge on any atom is 0.293 e. The highest BCUT2D eigenvalue weighted by Crippen LogP contribution is 2.37. The lowest BCUT2D eigenvalue weighted by Crippen LogP contribution is -2.39. The van der Waals surface area contributed by atoms with Crippen molar-refractivity contribution < 1.29 is 53.1 Å². The number of benzene rings is 3. The van der Waals surface area contributed by atoms with E-state index in [1.54, 1.807) is 19.4 Å². The van der Waals surface area contributed by atoms with Gasteiger partial charge in [-0.3, -0.25) is 14.4 Å². The van der Waals surface area contributed by atoms with Crippen LogP contribution in [0.1, 0.15) is 142 Å². The van der Waals surface area contributed by atoms with Gasteiger partial charge in [-0.15, -0.1) is 6.58 Å². The van der Waals surface area contributed by atoms with Crippen LogP contribution in [0.25, 0.3) is 0 Å². The van der Waals surface area contributed by atoms with E-state index >= 15 is 0 Å². The molecule has 3 aromatic carbocycles. The Morgan fingerprint density at radius 2 is 1.27 bits per heavy atom. The third kappa shape index (κ3) is 25.8. The maximum absolute atomic E-state index is 12.8. The number of ether oxygens (including phenoxy) is 4. The van der Waals surface area contributed by atoms with Gasteiger partial charge in [0.05, 0.1) is 7.11 Å². The average molecular weight is 918 g/mol. The highest BCUT2D eigenvalue weighted by atomic mass is 16.5. The molecule has 0 spiro atoms. The van der Waals surface area contributed by atoms with E-state index in [1.165, 1.54) is 17.5 Å². The average Bonchev–Trinajstić information content (AvgIpc) is 3.29. The lowest BCUT2D eigenvalue weighted by Gasteiger charge is -2.34. The molecule has 1 amide bonds. The molecule has 0 atom stereocenters. The second-order valence-electron chi connectivity index (χ2n) is 18.3. The summed E-state index contributed by atoms with van der Waals surface area (Å²) in [5, 5.41) is 13.9. The normalized spacial score (nSPS) is 17.7. The lowest BCUT2D eigenvalue weighted by molar-refractivity contribution is -0.144. The predicted octanol–water partition coefficient (Wildman–Crippen LogP) is 11.2. The Kier molecular flexibility index (Phi) is 30.1. The van der Waals surface area contributed by atoms with Crippen molar-refractivity contribution in [2.24, 2.45) is 22.7 Å². The lowest BCUT2D eigenvalue weighted by atomic mass is 9.78. The number of nitrogens with zero attached hydrogens (tertiary/aromatic N) is 1. The molecule has 2 aliphatic rings. The van der Waals surface area contributed by atoms with Gasteiger partial charge in [0, 0.05) is 31.6 Å². The van der Waals surface area contributed by atoms with Crippen LogP contribution in [-0.2, 0) is 35.1 Å². The Hall–Kier alpha value is -5.62. The van der Waals surface area contributed by atoms with Crippen molar-refractivity contribution in [3.63, 3.8) is 0 Å². The van der Waals surface area contributed by atoms with E-state index in [0.29, 0.717) is 18.8 Å². The van der Waals surface area contributed by atoms with Gasteiger partial charge < -0.3 is 38.7 Å². The summed E-state index contributed by atoms with van der Waals surface area (Å²) in [5.41, 5.74) is 2.44. The molecule has 12 nitrogen and oxygen atoms in total. The van der Waals surface area contributed by atoms with Gasteiger partial charge in [-0.2, -0.15) is 0 Å². The van der Waals surface area contributed by atoms with E-state index in [0.717, 1.165) is 99.9 Å². The van der Waals surface area contributed by atoms with Crippen LogP contribution >= 0.6 is 0 Å². The van der Waals surface area contributed by atoms with Crippen molar-refractivity contribution in [2.75, 3.05) is 14.2 Å². The first-order chi connectivity index (χ1) is 31.4. The molecule has 366 valence electrons. The highest BCUT2D eigenvalue weighted by Gasteiger charge is 2.32. The SMILES string of the molecule is C=CC.C=O.CC(C)(C)Oc1ccc(C2CCC(C(=O)N=Cc3cccc(CCC4CCC(C=O)CC4)c3)CC2)cc1.CO.COc1ccc(OC(C)(C)CC(C)(C)OC=O)cc1.O=CO. The van der Waals surface area contributed by atoms with Crippen molar-refractivity contribution in [1.82, 2.24) is 0 Å². The number of methoxy groups -OCH3 is 1. The summed E-state index contributed by atoms with van der Waals surface area (Å²) in [6, 6.07) is 24.3. The smallest absolute Gasteiger partial charge is 0.293 e. The number of aliphatic hydroxyl groups excluding tert-OH is 1. The minimum Gasteiger partial charge on any atom is -0.497 e. The minimum atomic E-state index is -0.558. The van der Waals surface area contributed by atoms with Crippen LogP contribution in [-0.4, -0.2) is 79.4 Å². The number of amides is 1. The number of allylic oxidation sites excluding steroid dienone is 1. The van der Waals surface area contributed by atoms with Crippen molar-refractivity contribution in [3.05, 3.63) is 102 Å². The molecular weight excluding hydrogens is 839 g/mol. The Morgan fingerprint density at radius 3 is 1.77 bits per heavy atom. The highest BCUT2D eigenvalue weighted by molar-refractivity contribution is 5.93. The van der Waals surface area contributed by atoms with Crippen molar-refractivity contribution in [2.45, 2.75) is 149 Å². The molecule has 0 aromatic heterocycles. The van der Waals surface area contributed by atoms with Gasteiger partial charge in [-0.25, -0.2) is 4.99 Å². The van der Waals surface area contributed by atoms with Crippen molar-refractivity contribution in [3.8, 4) is 17.2 Å². The first kappa shape index (κ1) is 60.4. The number of rotatable bonds is 15. The van der Waals surface area contributed by atoms with Gasteiger partial charge in [0.15, 0.2) is 0 Å². The first-order valence-electron chi connectivity index (χ1n) is 22.6. The molecule has 3 aromatic rings. The van der Waals surface area contributed by atoms with Crippen LogP contribution in [0.2, 0.25) is 0 Å². The molecule has 2 fully saturated rings. The summed E-state index contributed by atoms with van der Waals surface area (Å²) >= 11 is 0. The number of carbonyl (C=O) groups is 5. The molecule has 2 N–H and O–H groups in total. The molecule has 2 aliphatic carbocycles. The molecule has 0 aliphatic heterocycles. The molecule has 0 radical (unpaired) electrons. The van der Waals surface area contributed by atoms with Crippen LogP contribution in [0.5, 0.6) is 17.2 Å². The van der Waals surface area contributed by atoms with Gasteiger partial charge in [-0.1, -0.05) is 42.5 Å². The van der Waals surface area contributed by atoms with Crippen LogP contribution in [0.4, 0.5) is 0 Å². The molecule has 12 heteroatoms. The summed E-state index contributed by atoms with van der Waals surface area (Å²) in [7, 11) is 2.62. The third-order valence-corrected chi connectivity index (χ3v) is 10.7. The fourth-order valence-corrected chi connectivity index (χ4v) is 8.09. The fraction of sp³-hybridized carbons (Fsp3) is 0.519. The fourth-order valence-electron chi connectivity index (χ4n) is 8.09. The molecule has 2 saturated carbocycles.